The standard InChI is InChI=1S/C22H25N5.3ClH.Cr/c1-2-8-16(9-3-1)27(14-21-23-17-10-4-5-11-18(17)24-21)15-22-25-19-12-6-7-13-20(19)26-22;;;;/h4-7,10-13,16H,1-3,8-9,14-15H2,(H,23,24)(H,25,26);3*1H;/q;;;;+3/p-3. The van der Waals surface area contributed by atoms with E-state index in [0.717, 1.165) is 46.8 Å². The summed E-state index contributed by atoms with van der Waals surface area (Å²) in [6.45, 7) is 1.66. The Labute approximate surface area is 212 Å². The molecule has 4 aromatic rings. The van der Waals surface area contributed by atoms with Crippen LogP contribution in [0, 0.1) is 0 Å². The number of rotatable bonds is 5. The summed E-state index contributed by atoms with van der Waals surface area (Å²) >= 11 is 0. The topological polar surface area (TPSA) is 60.6 Å². The van der Waals surface area contributed by atoms with Crippen LogP contribution in [0.1, 0.15) is 43.8 Å². The molecule has 0 aliphatic heterocycles. The first-order valence-corrected chi connectivity index (χ1v) is 9.96. The average molecular weight is 518 g/mol. The van der Waals surface area contributed by atoms with Gasteiger partial charge < -0.3 is 47.2 Å². The van der Waals surface area contributed by atoms with Crippen LogP contribution in [0.15, 0.2) is 48.5 Å². The molecule has 31 heavy (non-hydrogen) atoms. The third-order valence-electron chi connectivity index (χ3n) is 5.67. The van der Waals surface area contributed by atoms with Crippen LogP contribution in [-0.2, 0) is 30.5 Å². The Morgan fingerprint density at radius 3 is 1.61 bits per heavy atom. The van der Waals surface area contributed by atoms with Crippen molar-refractivity contribution in [1.29, 1.82) is 0 Å². The monoisotopic (exact) mass is 516 g/mol. The van der Waals surface area contributed by atoms with Crippen LogP contribution in [0.25, 0.3) is 22.1 Å². The maximum absolute atomic E-state index is 4.80. The van der Waals surface area contributed by atoms with Crippen molar-refractivity contribution in [2.45, 2.75) is 51.2 Å². The second kappa shape index (κ2) is 12.7. The van der Waals surface area contributed by atoms with Gasteiger partial charge in [-0.3, -0.25) is 4.90 Å². The van der Waals surface area contributed by atoms with E-state index in [2.05, 4.69) is 51.3 Å². The second-order valence-electron chi connectivity index (χ2n) is 7.60. The third-order valence-corrected chi connectivity index (χ3v) is 5.67. The van der Waals surface area contributed by atoms with Crippen LogP contribution < -0.4 is 37.2 Å². The molecule has 0 unspecified atom stereocenters. The molecule has 0 amide bonds. The number of imidazole rings is 2. The molecule has 1 saturated carbocycles. The van der Waals surface area contributed by atoms with Crippen LogP contribution in [0.3, 0.4) is 0 Å². The van der Waals surface area contributed by atoms with Crippen molar-refractivity contribution in [1.82, 2.24) is 24.8 Å². The van der Waals surface area contributed by atoms with Gasteiger partial charge in [0.2, 0.25) is 0 Å². The van der Waals surface area contributed by atoms with Gasteiger partial charge in [-0.25, -0.2) is 9.97 Å². The van der Waals surface area contributed by atoms with E-state index >= 15 is 0 Å². The van der Waals surface area contributed by atoms with E-state index in [-0.39, 0.29) is 54.6 Å². The zero-order chi connectivity index (χ0) is 18.1. The van der Waals surface area contributed by atoms with Gasteiger partial charge in [-0.15, -0.1) is 0 Å². The summed E-state index contributed by atoms with van der Waals surface area (Å²) in [5.74, 6) is 2.08. The fraction of sp³-hybridized carbons (Fsp3) is 0.364. The molecule has 2 N–H and O–H groups in total. The molecule has 5 rings (SSSR count). The molecule has 1 radical (unpaired) electrons. The molecule has 0 spiro atoms. The van der Waals surface area contributed by atoms with Gasteiger partial charge in [-0.2, -0.15) is 0 Å². The molecule has 0 atom stereocenters. The smallest absolute Gasteiger partial charge is 1.00 e. The van der Waals surface area contributed by atoms with Crippen LogP contribution in [0.2, 0.25) is 0 Å². The van der Waals surface area contributed by atoms with Crippen molar-refractivity contribution in [2.75, 3.05) is 0 Å². The number of aromatic amines is 2. The molecule has 1 aliphatic rings. The normalized spacial score (nSPS) is 13.8. The zero-order valence-electron chi connectivity index (χ0n) is 17.0. The van der Waals surface area contributed by atoms with E-state index in [1.165, 1.54) is 32.1 Å². The summed E-state index contributed by atoms with van der Waals surface area (Å²) in [7, 11) is 0. The van der Waals surface area contributed by atoms with Crippen molar-refractivity contribution in [3.8, 4) is 0 Å². The Morgan fingerprint density at radius 1 is 0.710 bits per heavy atom. The number of hydrogen-bond donors (Lipinski definition) is 2. The number of fused-ring (bicyclic) bond motifs is 2. The van der Waals surface area contributed by atoms with Crippen LogP contribution in [0.4, 0.5) is 0 Å². The first-order valence-electron chi connectivity index (χ1n) is 9.96. The van der Waals surface area contributed by atoms with Crippen molar-refractivity contribution in [3.63, 3.8) is 0 Å². The summed E-state index contributed by atoms with van der Waals surface area (Å²) in [6.07, 6.45) is 6.53. The van der Waals surface area contributed by atoms with E-state index in [1.54, 1.807) is 0 Å². The van der Waals surface area contributed by atoms with Gasteiger partial charge in [0.05, 0.1) is 35.2 Å². The molecule has 2 aromatic carbocycles. The van der Waals surface area contributed by atoms with Crippen LogP contribution >= 0.6 is 0 Å². The van der Waals surface area contributed by atoms with Gasteiger partial charge in [0.15, 0.2) is 0 Å². The number of halogens is 3. The minimum atomic E-state index is 0. The van der Waals surface area contributed by atoms with Gasteiger partial charge in [0.1, 0.15) is 11.6 Å². The molecule has 9 heteroatoms. The average Bonchev–Trinajstić information content (AvgIpc) is 3.30. The quantitative estimate of drug-likeness (QED) is 0.282. The maximum atomic E-state index is 4.80. The van der Waals surface area contributed by atoms with E-state index in [0.29, 0.717) is 6.04 Å². The predicted molar refractivity (Wildman–Crippen MR) is 108 cm³/mol. The SMILES string of the molecule is [Cl-].[Cl-].[Cl-].[Cr+3].c1ccc2[nH]c(CN(Cc3nc4ccccc4[nH]3)C3CCCCC3)nc2c1. The van der Waals surface area contributed by atoms with E-state index in [1.807, 2.05) is 12.1 Å². The Morgan fingerprint density at radius 2 is 1.16 bits per heavy atom. The van der Waals surface area contributed by atoms with Gasteiger partial charge in [0, 0.05) is 6.04 Å². The Bertz CT molecular complexity index is 919. The summed E-state index contributed by atoms with van der Waals surface area (Å²) in [5.41, 5.74) is 4.30. The maximum Gasteiger partial charge on any atom is 3.00 e. The van der Waals surface area contributed by atoms with Crippen LogP contribution in [-0.4, -0.2) is 30.9 Å². The van der Waals surface area contributed by atoms with Gasteiger partial charge in [0.25, 0.3) is 0 Å². The molecule has 1 aliphatic carbocycles. The fourth-order valence-corrected chi connectivity index (χ4v) is 4.31. The molecular weight excluding hydrogens is 493 g/mol. The minimum absolute atomic E-state index is 0. The number of hydrogen-bond acceptors (Lipinski definition) is 3. The molecule has 1 fully saturated rings. The number of H-pyrrole nitrogens is 2. The van der Waals surface area contributed by atoms with Gasteiger partial charge in [-0.1, -0.05) is 43.5 Å². The van der Waals surface area contributed by atoms with Gasteiger partial charge >= 0.3 is 17.4 Å². The summed E-state index contributed by atoms with van der Waals surface area (Å²) in [4.78, 5) is 19.1. The minimum Gasteiger partial charge on any atom is -1.00 e. The van der Waals surface area contributed by atoms with Crippen molar-refractivity contribution in [2.24, 2.45) is 0 Å². The van der Waals surface area contributed by atoms with Crippen molar-refractivity contribution < 1.29 is 54.6 Å². The third kappa shape index (κ3) is 6.38. The number of aromatic nitrogens is 4. The molecule has 165 valence electrons. The van der Waals surface area contributed by atoms with Gasteiger partial charge in [-0.05, 0) is 37.1 Å². The molecule has 2 aromatic heterocycles. The van der Waals surface area contributed by atoms with E-state index in [9.17, 15) is 0 Å². The largest absolute Gasteiger partial charge is 3.00 e. The summed E-state index contributed by atoms with van der Waals surface area (Å²) in [6, 6.07) is 17.1. The zero-order valence-corrected chi connectivity index (χ0v) is 20.6. The molecule has 5 nitrogen and oxygen atoms in total. The summed E-state index contributed by atoms with van der Waals surface area (Å²) < 4.78 is 0. The Hall–Kier alpha value is -1.26. The molecular formula is C22H25Cl3CrN5. The predicted octanol–water partition coefficient (Wildman–Crippen LogP) is -4.22. The second-order valence-corrected chi connectivity index (χ2v) is 7.60. The molecule has 0 saturated heterocycles. The number of nitrogens with one attached hydrogen (secondary N) is 2. The Kier molecular flexibility index (Phi) is 11.4. The first kappa shape index (κ1) is 27.8. The molecule has 2 heterocycles. The number of para-hydroxylation sites is 4. The number of nitrogens with zero attached hydrogens (tertiary/aromatic N) is 3. The van der Waals surface area contributed by atoms with E-state index < -0.39 is 0 Å². The van der Waals surface area contributed by atoms with Crippen LogP contribution in [0.5, 0.6) is 0 Å². The van der Waals surface area contributed by atoms with Crippen molar-refractivity contribution >= 4 is 22.1 Å². The fourth-order valence-electron chi connectivity index (χ4n) is 4.31. The first-order chi connectivity index (χ1) is 13.3. The Balaban J connectivity index is 0.00000120. The van der Waals surface area contributed by atoms with E-state index in [4.69, 9.17) is 9.97 Å². The number of benzene rings is 2. The van der Waals surface area contributed by atoms with Crippen molar-refractivity contribution in [3.05, 3.63) is 60.2 Å². The molecule has 0 bridgehead atoms. The summed E-state index contributed by atoms with van der Waals surface area (Å²) in [5, 5.41) is 0.